The topological polar surface area (TPSA) is 82.5 Å². The average Bonchev–Trinajstić information content (AvgIpc) is 2.89. The zero-order valence-corrected chi connectivity index (χ0v) is 17.9. The Balaban J connectivity index is 2.27. The number of hydrogen-bond donors (Lipinski definition) is 1. The van der Waals surface area contributed by atoms with E-state index < -0.39 is 20.2 Å². The zero-order chi connectivity index (χ0) is 19.7. The van der Waals surface area contributed by atoms with Gasteiger partial charge in [0.2, 0.25) is 0 Å². The van der Waals surface area contributed by atoms with Crippen molar-refractivity contribution in [2.75, 3.05) is 13.2 Å². The lowest BCUT2D eigenvalue weighted by molar-refractivity contribution is -0.0597. The van der Waals surface area contributed by atoms with Crippen molar-refractivity contribution < 1.29 is 13.9 Å². The molecule has 0 unspecified atom stereocenters. The molecule has 1 aromatic heterocycles. The van der Waals surface area contributed by atoms with Crippen LogP contribution < -0.4 is 11.2 Å². The summed E-state index contributed by atoms with van der Waals surface area (Å²) in [4.78, 5) is 26.2. The van der Waals surface area contributed by atoms with E-state index in [0.29, 0.717) is 25.2 Å². The largest absolute Gasteiger partial charge is 0.411 e. The third-order valence-corrected chi connectivity index (χ3v) is 9.88. The highest BCUT2D eigenvalue weighted by atomic mass is 28.4. The fourth-order valence-corrected chi connectivity index (χ4v) is 4.09. The second-order valence-electron chi connectivity index (χ2n) is 8.42. The number of nitrogens with one attached hydrogen (secondary N) is 1. The van der Waals surface area contributed by atoms with Gasteiger partial charge in [0, 0.05) is 24.8 Å². The minimum Gasteiger partial charge on any atom is -0.411 e. The summed E-state index contributed by atoms with van der Waals surface area (Å²) >= 11 is 0. The van der Waals surface area contributed by atoms with Gasteiger partial charge < -0.3 is 13.9 Å². The first kappa shape index (κ1) is 21.1. The molecule has 0 amide bonds. The van der Waals surface area contributed by atoms with Gasteiger partial charge >= 0.3 is 5.69 Å². The van der Waals surface area contributed by atoms with E-state index in [2.05, 4.69) is 38.8 Å². The van der Waals surface area contributed by atoms with Crippen molar-refractivity contribution >= 4 is 8.32 Å². The number of aromatic nitrogens is 2. The summed E-state index contributed by atoms with van der Waals surface area (Å²) in [5.74, 6) is 0. The molecular weight excluding hydrogens is 352 g/mol. The fourth-order valence-electron chi connectivity index (χ4n) is 2.73. The van der Waals surface area contributed by atoms with Gasteiger partial charge in [0.05, 0.1) is 12.7 Å². The number of nitrogens with zero attached hydrogens (tertiary/aromatic N) is 1. The molecule has 0 spiro atoms. The predicted octanol–water partition coefficient (Wildman–Crippen LogP) is 2.56. The summed E-state index contributed by atoms with van der Waals surface area (Å²) in [6.45, 7) is 15.6. The zero-order valence-electron chi connectivity index (χ0n) is 16.9. The van der Waals surface area contributed by atoms with Crippen LogP contribution in [0.1, 0.15) is 45.9 Å². The molecule has 1 aliphatic rings. The molecule has 3 atom stereocenters. The lowest BCUT2D eigenvalue weighted by Gasteiger charge is -2.39. The molecule has 2 heterocycles. The molecule has 1 fully saturated rings. The molecule has 2 rings (SSSR count). The second kappa shape index (κ2) is 7.80. The van der Waals surface area contributed by atoms with Crippen LogP contribution in [0.4, 0.5) is 0 Å². The molecular formula is C18H32N2O5Si. The Morgan fingerprint density at radius 3 is 2.58 bits per heavy atom. The second-order valence-corrected chi connectivity index (χ2v) is 13.2. The molecule has 0 aliphatic carbocycles. The first-order chi connectivity index (χ1) is 12.0. The summed E-state index contributed by atoms with van der Waals surface area (Å²) in [6.07, 6.45) is 1.24. The minimum absolute atomic E-state index is 0.0761. The van der Waals surface area contributed by atoms with E-state index in [1.54, 1.807) is 13.1 Å². The van der Waals surface area contributed by atoms with Crippen molar-refractivity contribution in [2.24, 2.45) is 0 Å². The van der Waals surface area contributed by atoms with Gasteiger partial charge in [0.25, 0.3) is 5.56 Å². The first-order valence-corrected chi connectivity index (χ1v) is 12.1. The molecule has 1 aliphatic heterocycles. The summed E-state index contributed by atoms with van der Waals surface area (Å²) in [5.41, 5.74) is -0.360. The van der Waals surface area contributed by atoms with Crippen LogP contribution in [-0.2, 0) is 13.9 Å². The van der Waals surface area contributed by atoms with Crippen LogP contribution in [0.5, 0.6) is 0 Å². The van der Waals surface area contributed by atoms with Crippen molar-refractivity contribution in [1.82, 2.24) is 9.55 Å². The Kier molecular flexibility index (Phi) is 6.32. The molecule has 1 saturated heterocycles. The van der Waals surface area contributed by atoms with Gasteiger partial charge in [-0.15, -0.1) is 0 Å². The normalized spacial score (nSPS) is 24.2. The highest BCUT2D eigenvalue weighted by Gasteiger charge is 2.45. The quantitative estimate of drug-likeness (QED) is 0.762. The maximum absolute atomic E-state index is 12.2. The monoisotopic (exact) mass is 384 g/mol. The Labute approximate surface area is 155 Å². The Morgan fingerprint density at radius 2 is 2.00 bits per heavy atom. The van der Waals surface area contributed by atoms with Crippen LogP contribution in [0.15, 0.2) is 15.8 Å². The molecule has 8 heteroatoms. The molecule has 0 radical (unpaired) electrons. The van der Waals surface area contributed by atoms with E-state index in [1.807, 2.05) is 6.92 Å². The number of aryl methyl sites for hydroxylation is 1. The van der Waals surface area contributed by atoms with Crippen molar-refractivity contribution in [3.8, 4) is 0 Å². The predicted molar refractivity (Wildman–Crippen MR) is 103 cm³/mol. The van der Waals surface area contributed by atoms with Crippen LogP contribution in [0.25, 0.3) is 0 Å². The molecule has 0 saturated carbocycles. The molecule has 148 valence electrons. The van der Waals surface area contributed by atoms with Gasteiger partial charge in [0.15, 0.2) is 8.32 Å². The Hall–Kier alpha value is -1.22. The van der Waals surface area contributed by atoms with E-state index in [-0.39, 0.29) is 22.8 Å². The lowest BCUT2D eigenvalue weighted by atomic mass is 10.2. The van der Waals surface area contributed by atoms with Crippen molar-refractivity contribution in [1.29, 1.82) is 0 Å². The van der Waals surface area contributed by atoms with Crippen molar-refractivity contribution in [3.63, 3.8) is 0 Å². The van der Waals surface area contributed by atoms with Gasteiger partial charge in [-0.2, -0.15) is 0 Å². The third kappa shape index (κ3) is 4.54. The lowest BCUT2D eigenvalue weighted by Crippen LogP contribution is -2.46. The fraction of sp³-hybridized carbons (Fsp3) is 0.778. The number of rotatable bonds is 6. The van der Waals surface area contributed by atoms with E-state index >= 15 is 0 Å². The number of ether oxygens (including phenoxy) is 2. The third-order valence-electron chi connectivity index (χ3n) is 5.38. The average molecular weight is 385 g/mol. The van der Waals surface area contributed by atoms with Gasteiger partial charge in [-0.3, -0.25) is 14.3 Å². The van der Waals surface area contributed by atoms with Crippen LogP contribution in [0.2, 0.25) is 18.1 Å². The number of aromatic amines is 1. The van der Waals surface area contributed by atoms with Crippen molar-refractivity contribution in [2.45, 2.75) is 77.6 Å². The van der Waals surface area contributed by atoms with Crippen LogP contribution in [-0.4, -0.2) is 43.3 Å². The van der Waals surface area contributed by atoms with E-state index in [1.165, 1.54) is 4.57 Å². The standard InChI is InChI=1S/C18H32N2O5Si/c1-8-23-11-14-13(25-26(6,7)18(3,4)5)9-15(24-14)20-10-12(2)16(21)19-17(20)22/h10,13-15H,8-9,11H2,1-7H3,(H,19,21,22)/t13-,14+,15+/m0/s1. The van der Waals surface area contributed by atoms with E-state index in [4.69, 9.17) is 13.9 Å². The number of H-pyrrole nitrogens is 1. The maximum Gasteiger partial charge on any atom is 0.330 e. The van der Waals surface area contributed by atoms with Gasteiger partial charge in [-0.1, -0.05) is 20.8 Å². The Morgan fingerprint density at radius 1 is 1.35 bits per heavy atom. The summed E-state index contributed by atoms with van der Waals surface area (Å²) in [6, 6.07) is 0. The summed E-state index contributed by atoms with van der Waals surface area (Å²) in [7, 11) is -2.00. The smallest absolute Gasteiger partial charge is 0.330 e. The Bertz CT molecular complexity index is 734. The molecule has 1 N–H and O–H groups in total. The molecule has 1 aromatic rings. The van der Waals surface area contributed by atoms with E-state index in [9.17, 15) is 9.59 Å². The molecule has 0 aromatic carbocycles. The maximum atomic E-state index is 12.2. The van der Waals surface area contributed by atoms with Gasteiger partial charge in [0.1, 0.15) is 12.3 Å². The minimum atomic E-state index is -2.00. The SMILES string of the molecule is CCOC[C@H]1O[C@@H](n2cc(C)c(=O)[nH]c2=O)C[C@@H]1O[Si](C)(C)C(C)(C)C. The summed E-state index contributed by atoms with van der Waals surface area (Å²) < 4.78 is 19.7. The van der Waals surface area contributed by atoms with Crippen LogP contribution >= 0.6 is 0 Å². The first-order valence-electron chi connectivity index (χ1n) is 9.19. The molecule has 0 bridgehead atoms. The highest BCUT2D eigenvalue weighted by Crippen LogP contribution is 2.40. The van der Waals surface area contributed by atoms with Crippen LogP contribution in [0.3, 0.4) is 0 Å². The van der Waals surface area contributed by atoms with Gasteiger partial charge in [-0.05, 0) is 32.0 Å². The molecule has 7 nitrogen and oxygen atoms in total. The van der Waals surface area contributed by atoms with E-state index in [0.717, 1.165) is 0 Å². The van der Waals surface area contributed by atoms with Crippen LogP contribution in [0, 0.1) is 6.92 Å². The van der Waals surface area contributed by atoms with Crippen molar-refractivity contribution in [3.05, 3.63) is 32.6 Å². The van der Waals surface area contributed by atoms with Gasteiger partial charge in [-0.25, -0.2) is 4.79 Å². The molecule has 26 heavy (non-hydrogen) atoms. The highest BCUT2D eigenvalue weighted by molar-refractivity contribution is 6.74. The number of hydrogen-bond acceptors (Lipinski definition) is 5. The summed E-state index contributed by atoms with van der Waals surface area (Å²) in [5, 5.41) is 0.0761.